The number of rotatable bonds is 4. The first-order valence-electron chi connectivity index (χ1n) is 6.02. The van der Waals surface area contributed by atoms with Crippen LogP contribution in [0.3, 0.4) is 0 Å². The van der Waals surface area contributed by atoms with Crippen LogP contribution in [0.15, 0.2) is 43.0 Å². The maximum Gasteiger partial charge on any atom is 0.0991 e. The van der Waals surface area contributed by atoms with E-state index in [1.165, 1.54) is 5.56 Å². The summed E-state index contributed by atoms with van der Waals surface area (Å²) in [5.74, 6) is 5.89. The highest BCUT2D eigenvalue weighted by Gasteiger charge is 2.03. The molecule has 1 N–H and O–H groups in total. The Bertz CT molecular complexity index is 529. The van der Waals surface area contributed by atoms with Gasteiger partial charge in [-0.2, -0.15) is 0 Å². The summed E-state index contributed by atoms with van der Waals surface area (Å²) in [5.41, 5.74) is 2.38. The number of hydrogen-bond donors (Lipinski definition) is 1. The van der Waals surface area contributed by atoms with Crippen molar-refractivity contribution in [2.24, 2.45) is 0 Å². The molecule has 3 nitrogen and oxygen atoms in total. The van der Waals surface area contributed by atoms with Gasteiger partial charge in [-0.15, -0.1) is 5.92 Å². The molecule has 0 spiro atoms. The molecule has 1 atom stereocenters. The van der Waals surface area contributed by atoms with E-state index in [4.69, 9.17) is 0 Å². The molecule has 0 fully saturated rings. The average Bonchev–Trinajstić information content (AvgIpc) is 2.93. The van der Waals surface area contributed by atoms with E-state index in [-0.39, 0.29) is 0 Å². The first kappa shape index (κ1) is 12.4. The van der Waals surface area contributed by atoms with Gasteiger partial charge in [0.05, 0.1) is 12.9 Å². The second-order valence-electron chi connectivity index (χ2n) is 4.09. The second kappa shape index (κ2) is 6.04. The minimum absolute atomic E-state index is 0.308. The zero-order chi connectivity index (χ0) is 12.8. The standard InChI is InChI=1S/C15H17N3/c1-3-4-9-17-13(2)14-5-7-15(8-6-14)18-11-10-16-12-18/h5-8,10-13,17H,9H2,1-2H3. The van der Waals surface area contributed by atoms with E-state index >= 15 is 0 Å². The maximum absolute atomic E-state index is 4.04. The number of aromatic nitrogens is 2. The lowest BCUT2D eigenvalue weighted by atomic mass is 10.1. The molecule has 1 aromatic heterocycles. The van der Waals surface area contributed by atoms with Crippen LogP contribution >= 0.6 is 0 Å². The lowest BCUT2D eigenvalue weighted by Crippen LogP contribution is -2.18. The molecule has 92 valence electrons. The van der Waals surface area contributed by atoms with Crippen LogP contribution in [0.2, 0.25) is 0 Å². The Hall–Kier alpha value is -2.05. The number of hydrogen-bond acceptors (Lipinski definition) is 2. The predicted octanol–water partition coefficient (Wildman–Crippen LogP) is 2.55. The molecular weight excluding hydrogens is 222 g/mol. The molecule has 0 radical (unpaired) electrons. The SMILES string of the molecule is CC#CCNC(C)c1ccc(-n2ccnc2)cc1. The molecule has 1 heterocycles. The fourth-order valence-electron chi connectivity index (χ4n) is 1.76. The monoisotopic (exact) mass is 239 g/mol. The van der Waals surface area contributed by atoms with Gasteiger partial charge in [0.25, 0.3) is 0 Å². The van der Waals surface area contributed by atoms with Crippen molar-refractivity contribution in [2.75, 3.05) is 6.54 Å². The van der Waals surface area contributed by atoms with Gasteiger partial charge in [-0.3, -0.25) is 5.32 Å². The largest absolute Gasteiger partial charge is 0.306 e. The van der Waals surface area contributed by atoms with Gasteiger partial charge in [-0.25, -0.2) is 4.98 Å². The quantitative estimate of drug-likeness (QED) is 0.831. The van der Waals surface area contributed by atoms with Crippen LogP contribution in [0.4, 0.5) is 0 Å². The molecule has 0 amide bonds. The van der Waals surface area contributed by atoms with Gasteiger partial charge >= 0.3 is 0 Å². The summed E-state index contributed by atoms with van der Waals surface area (Å²) in [6.07, 6.45) is 5.52. The van der Waals surface area contributed by atoms with Crippen molar-refractivity contribution in [3.63, 3.8) is 0 Å². The normalized spacial score (nSPS) is 11.7. The van der Waals surface area contributed by atoms with Crippen LogP contribution in [0, 0.1) is 11.8 Å². The summed E-state index contributed by atoms with van der Waals surface area (Å²) < 4.78 is 1.99. The molecule has 3 heteroatoms. The zero-order valence-electron chi connectivity index (χ0n) is 10.7. The van der Waals surface area contributed by atoms with Crippen LogP contribution in [0.5, 0.6) is 0 Å². The highest BCUT2D eigenvalue weighted by atomic mass is 15.0. The number of imidazole rings is 1. The molecule has 18 heavy (non-hydrogen) atoms. The van der Waals surface area contributed by atoms with Gasteiger partial charge < -0.3 is 4.57 Å². The van der Waals surface area contributed by atoms with Crippen molar-refractivity contribution >= 4 is 0 Å². The third-order valence-corrected chi connectivity index (χ3v) is 2.87. The third-order valence-electron chi connectivity index (χ3n) is 2.87. The third kappa shape index (κ3) is 2.99. The summed E-state index contributed by atoms with van der Waals surface area (Å²) in [5, 5.41) is 3.36. The fourth-order valence-corrected chi connectivity index (χ4v) is 1.76. The summed E-state index contributed by atoms with van der Waals surface area (Å²) in [7, 11) is 0. The van der Waals surface area contributed by atoms with Crippen molar-refractivity contribution < 1.29 is 0 Å². The molecule has 2 aromatic rings. The average molecular weight is 239 g/mol. The topological polar surface area (TPSA) is 29.9 Å². The summed E-state index contributed by atoms with van der Waals surface area (Å²) in [6, 6.07) is 8.77. The van der Waals surface area contributed by atoms with Crippen molar-refractivity contribution in [1.82, 2.24) is 14.9 Å². The molecule has 2 rings (SSSR count). The Kier molecular flexibility index (Phi) is 4.16. The van der Waals surface area contributed by atoms with Gasteiger partial charge in [-0.05, 0) is 31.5 Å². The molecule has 0 saturated heterocycles. The van der Waals surface area contributed by atoms with E-state index in [0.29, 0.717) is 6.04 Å². The van der Waals surface area contributed by atoms with Crippen molar-refractivity contribution in [1.29, 1.82) is 0 Å². The van der Waals surface area contributed by atoms with E-state index in [1.54, 1.807) is 12.5 Å². The Morgan fingerprint density at radius 3 is 2.72 bits per heavy atom. The van der Waals surface area contributed by atoms with E-state index in [9.17, 15) is 0 Å². The fraction of sp³-hybridized carbons (Fsp3) is 0.267. The molecule has 0 saturated carbocycles. The summed E-state index contributed by atoms with van der Waals surface area (Å²) in [4.78, 5) is 4.04. The Morgan fingerprint density at radius 1 is 1.33 bits per heavy atom. The van der Waals surface area contributed by atoms with Gasteiger partial charge in [0.1, 0.15) is 0 Å². The first-order valence-corrected chi connectivity index (χ1v) is 6.02. The predicted molar refractivity (Wildman–Crippen MR) is 73.4 cm³/mol. The molecule has 1 unspecified atom stereocenters. The number of benzene rings is 1. The number of nitrogens with zero attached hydrogens (tertiary/aromatic N) is 2. The van der Waals surface area contributed by atoms with Gasteiger partial charge in [0.15, 0.2) is 0 Å². The van der Waals surface area contributed by atoms with Crippen LogP contribution < -0.4 is 5.32 Å². The summed E-state index contributed by atoms with van der Waals surface area (Å²) >= 11 is 0. The highest BCUT2D eigenvalue weighted by Crippen LogP contribution is 2.15. The van der Waals surface area contributed by atoms with E-state index in [0.717, 1.165) is 12.2 Å². The smallest absolute Gasteiger partial charge is 0.0991 e. The van der Waals surface area contributed by atoms with Crippen LogP contribution in [-0.2, 0) is 0 Å². The minimum Gasteiger partial charge on any atom is -0.306 e. The van der Waals surface area contributed by atoms with Crippen molar-refractivity contribution in [2.45, 2.75) is 19.9 Å². The lowest BCUT2D eigenvalue weighted by Gasteiger charge is -2.13. The van der Waals surface area contributed by atoms with Crippen molar-refractivity contribution in [3.8, 4) is 17.5 Å². The Morgan fingerprint density at radius 2 is 2.11 bits per heavy atom. The molecule has 1 aromatic carbocycles. The molecule has 0 bridgehead atoms. The molecular formula is C15H17N3. The minimum atomic E-state index is 0.308. The van der Waals surface area contributed by atoms with Crippen LogP contribution in [-0.4, -0.2) is 16.1 Å². The Balaban J connectivity index is 2.04. The van der Waals surface area contributed by atoms with Gasteiger partial charge in [0, 0.05) is 24.1 Å². The highest BCUT2D eigenvalue weighted by molar-refractivity contribution is 5.35. The first-order chi connectivity index (χ1) is 8.81. The zero-order valence-corrected chi connectivity index (χ0v) is 10.7. The van der Waals surface area contributed by atoms with Gasteiger partial charge in [0.2, 0.25) is 0 Å². The van der Waals surface area contributed by atoms with Crippen LogP contribution in [0.25, 0.3) is 5.69 Å². The van der Waals surface area contributed by atoms with E-state index in [2.05, 4.69) is 53.3 Å². The Labute approximate surface area is 108 Å². The summed E-state index contributed by atoms with van der Waals surface area (Å²) in [6.45, 7) is 4.72. The molecule has 0 aliphatic heterocycles. The lowest BCUT2D eigenvalue weighted by molar-refractivity contribution is 0.623. The van der Waals surface area contributed by atoms with Crippen molar-refractivity contribution in [3.05, 3.63) is 48.5 Å². The number of nitrogens with one attached hydrogen (secondary N) is 1. The van der Waals surface area contributed by atoms with Gasteiger partial charge in [-0.1, -0.05) is 18.1 Å². The van der Waals surface area contributed by atoms with Crippen LogP contribution in [0.1, 0.15) is 25.5 Å². The molecule has 0 aliphatic rings. The van der Waals surface area contributed by atoms with E-state index < -0.39 is 0 Å². The molecule has 0 aliphatic carbocycles. The second-order valence-corrected chi connectivity index (χ2v) is 4.09. The maximum atomic E-state index is 4.04. The van der Waals surface area contributed by atoms with E-state index in [1.807, 2.05) is 17.7 Å².